The molecule has 0 N–H and O–H groups in total. The molecule has 0 aromatic heterocycles. The van der Waals surface area contributed by atoms with Crippen molar-refractivity contribution in [1.29, 1.82) is 0 Å². The molecule has 2 nitrogen and oxygen atoms in total. The van der Waals surface area contributed by atoms with E-state index >= 15 is 0 Å². The number of amides is 1. The van der Waals surface area contributed by atoms with Crippen LogP contribution in [0.3, 0.4) is 0 Å². The highest BCUT2D eigenvalue weighted by atomic mass is 19.1. The zero-order valence-corrected chi connectivity index (χ0v) is 12.3. The van der Waals surface area contributed by atoms with E-state index in [0.29, 0.717) is 12.1 Å². The largest absolute Gasteiger partial charge is 0.331 e. The van der Waals surface area contributed by atoms with Gasteiger partial charge in [-0.25, -0.2) is 4.39 Å². The molecule has 1 aliphatic heterocycles. The van der Waals surface area contributed by atoms with Crippen molar-refractivity contribution in [1.82, 2.24) is 4.90 Å². The monoisotopic (exact) mass is 295 g/mol. The third-order valence-corrected chi connectivity index (χ3v) is 4.69. The molecule has 0 radical (unpaired) electrons. The quantitative estimate of drug-likeness (QED) is 0.827. The minimum atomic E-state index is -0.292. The van der Waals surface area contributed by atoms with Gasteiger partial charge in [0.05, 0.1) is 6.04 Å². The van der Waals surface area contributed by atoms with Crippen molar-refractivity contribution in [3.05, 3.63) is 71.0 Å². The smallest absolute Gasteiger partial charge is 0.226 e. The molecule has 22 heavy (non-hydrogen) atoms. The highest BCUT2D eigenvalue weighted by Gasteiger charge is 2.39. The predicted octanol–water partition coefficient (Wildman–Crippen LogP) is 3.71. The maximum absolute atomic E-state index is 14.4. The zero-order chi connectivity index (χ0) is 15.1. The molecule has 1 amide bonds. The number of fused-ring (bicyclic) bond motifs is 1. The summed E-state index contributed by atoms with van der Waals surface area (Å²) in [6.07, 6.45) is 2.79. The Hall–Kier alpha value is -2.16. The molecule has 1 unspecified atom stereocenters. The van der Waals surface area contributed by atoms with Crippen LogP contribution in [0.1, 0.15) is 35.6 Å². The lowest BCUT2D eigenvalue weighted by Crippen LogP contribution is -2.41. The van der Waals surface area contributed by atoms with Gasteiger partial charge in [0, 0.05) is 18.0 Å². The van der Waals surface area contributed by atoms with Crippen LogP contribution in [0.5, 0.6) is 0 Å². The first-order valence-corrected chi connectivity index (χ1v) is 7.88. The first-order valence-electron chi connectivity index (χ1n) is 7.88. The van der Waals surface area contributed by atoms with Crippen LogP contribution in [-0.4, -0.2) is 17.4 Å². The van der Waals surface area contributed by atoms with Gasteiger partial charge in [-0.1, -0.05) is 42.5 Å². The van der Waals surface area contributed by atoms with E-state index in [0.717, 1.165) is 24.8 Å². The average molecular weight is 295 g/mol. The van der Waals surface area contributed by atoms with Crippen LogP contribution in [0.2, 0.25) is 0 Å². The Bertz CT molecular complexity index is 723. The summed E-state index contributed by atoms with van der Waals surface area (Å²) in [4.78, 5) is 14.6. The predicted molar refractivity (Wildman–Crippen MR) is 82.8 cm³/mol. The summed E-state index contributed by atoms with van der Waals surface area (Å²) < 4.78 is 14.4. The zero-order valence-electron chi connectivity index (χ0n) is 12.3. The summed E-state index contributed by atoms with van der Waals surface area (Å²) >= 11 is 0. The standard InChI is InChI=1S/C19H18FNO/c20-17-8-4-3-7-16(17)18-15-6-2-1-5-13(15)11-12-21(18)19(22)14-9-10-14/h1-8,14,18H,9-12H2. The van der Waals surface area contributed by atoms with E-state index in [1.165, 1.54) is 11.6 Å². The van der Waals surface area contributed by atoms with E-state index in [-0.39, 0.29) is 23.7 Å². The Morgan fingerprint density at radius 2 is 1.68 bits per heavy atom. The molecule has 1 heterocycles. The van der Waals surface area contributed by atoms with Crippen LogP contribution in [0, 0.1) is 11.7 Å². The van der Waals surface area contributed by atoms with Gasteiger partial charge in [-0.15, -0.1) is 0 Å². The minimum absolute atomic E-state index is 0.152. The summed E-state index contributed by atoms with van der Waals surface area (Å²) in [6, 6.07) is 14.6. The van der Waals surface area contributed by atoms with Gasteiger partial charge in [-0.3, -0.25) is 4.79 Å². The molecule has 2 aromatic carbocycles. The van der Waals surface area contributed by atoms with Crippen LogP contribution in [0.4, 0.5) is 4.39 Å². The van der Waals surface area contributed by atoms with E-state index in [9.17, 15) is 9.18 Å². The first-order chi connectivity index (χ1) is 10.8. The number of benzene rings is 2. The summed E-state index contributed by atoms with van der Waals surface area (Å²) in [5.74, 6) is 0.0973. The van der Waals surface area contributed by atoms with Crippen LogP contribution >= 0.6 is 0 Å². The molecule has 2 aliphatic rings. The molecule has 4 rings (SSSR count). The van der Waals surface area contributed by atoms with E-state index in [2.05, 4.69) is 6.07 Å². The third-order valence-electron chi connectivity index (χ3n) is 4.69. The van der Waals surface area contributed by atoms with Crippen molar-refractivity contribution in [2.24, 2.45) is 5.92 Å². The lowest BCUT2D eigenvalue weighted by atomic mass is 9.87. The fraction of sp³-hybridized carbons (Fsp3) is 0.316. The van der Waals surface area contributed by atoms with Crippen LogP contribution in [0.25, 0.3) is 0 Å². The number of nitrogens with zero attached hydrogens (tertiary/aromatic N) is 1. The van der Waals surface area contributed by atoms with Crippen LogP contribution in [0.15, 0.2) is 48.5 Å². The third kappa shape index (κ3) is 2.21. The van der Waals surface area contributed by atoms with E-state index in [1.54, 1.807) is 12.1 Å². The van der Waals surface area contributed by atoms with Crippen LogP contribution < -0.4 is 0 Å². The normalized spacial score (nSPS) is 20.6. The molecule has 1 saturated carbocycles. The Morgan fingerprint density at radius 3 is 2.41 bits per heavy atom. The van der Waals surface area contributed by atoms with Crippen molar-refractivity contribution >= 4 is 5.91 Å². The molecule has 1 fully saturated rings. The second-order valence-corrected chi connectivity index (χ2v) is 6.18. The van der Waals surface area contributed by atoms with Gasteiger partial charge < -0.3 is 4.90 Å². The van der Waals surface area contributed by atoms with Gasteiger partial charge in [-0.05, 0) is 36.5 Å². The minimum Gasteiger partial charge on any atom is -0.331 e. The average Bonchev–Trinajstić information content (AvgIpc) is 3.39. The highest BCUT2D eigenvalue weighted by molar-refractivity contribution is 5.82. The number of hydrogen-bond acceptors (Lipinski definition) is 1. The molecule has 0 saturated heterocycles. The van der Waals surface area contributed by atoms with Gasteiger partial charge in [0.2, 0.25) is 5.91 Å². The van der Waals surface area contributed by atoms with E-state index in [4.69, 9.17) is 0 Å². The molecular formula is C19H18FNO. The summed E-state index contributed by atoms with van der Waals surface area (Å²) in [6.45, 7) is 0.672. The van der Waals surface area contributed by atoms with Gasteiger partial charge in [-0.2, -0.15) is 0 Å². The van der Waals surface area contributed by atoms with E-state index < -0.39 is 0 Å². The number of halogens is 1. The van der Waals surface area contributed by atoms with Gasteiger partial charge in [0.15, 0.2) is 0 Å². The Kier molecular flexibility index (Phi) is 3.21. The van der Waals surface area contributed by atoms with Crippen molar-refractivity contribution < 1.29 is 9.18 Å². The number of carbonyl (C=O) groups excluding carboxylic acids is 1. The van der Waals surface area contributed by atoms with Crippen molar-refractivity contribution in [3.63, 3.8) is 0 Å². The Labute approximate surface area is 129 Å². The summed E-state index contributed by atoms with van der Waals surface area (Å²) in [5.41, 5.74) is 2.88. The van der Waals surface area contributed by atoms with Gasteiger partial charge in [0.1, 0.15) is 5.82 Å². The number of hydrogen-bond donors (Lipinski definition) is 0. The van der Waals surface area contributed by atoms with Crippen molar-refractivity contribution in [2.45, 2.75) is 25.3 Å². The topological polar surface area (TPSA) is 20.3 Å². The number of rotatable bonds is 2. The lowest BCUT2D eigenvalue weighted by Gasteiger charge is -2.38. The molecular weight excluding hydrogens is 277 g/mol. The Morgan fingerprint density at radius 1 is 1.00 bits per heavy atom. The SMILES string of the molecule is O=C(C1CC1)N1CCc2ccccc2C1c1ccccc1F. The maximum atomic E-state index is 14.4. The van der Waals surface area contributed by atoms with Gasteiger partial charge >= 0.3 is 0 Å². The van der Waals surface area contributed by atoms with Crippen molar-refractivity contribution in [3.8, 4) is 0 Å². The molecule has 3 heteroatoms. The molecule has 2 aromatic rings. The Balaban J connectivity index is 1.83. The fourth-order valence-electron chi connectivity index (χ4n) is 3.40. The summed E-state index contributed by atoms with van der Waals surface area (Å²) in [7, 11) is 0. The fourth-order valence-corrected chi connectivity index (χ4v) is 3.40. The first kappa shape index (κ1) is 13.5. The molecule has 0 spiro atoms. The molecule has 1 atom stereocenters. The summed E-state index contributed by atoms with van der Waals surface area (Å²) in [5, 5.41) is 0. The molecule has 1 aliphatic carbocycles. The second-order valence-electron chi connectivity index (χ2n) is 6.18. The number of carbonyl (C=O) groups is 1. The lowest BCUT2D eigenvalue weighted by molar-refractivity contribution is -0.134. The second kappa shape index (κ2) is 5.24. The van der Waals surface area contributed by atoms with Crippen molar-refractivity contribution in [2.75, 3.05) is 6.54 Å². The molecule has 112 valence electrons. The van der Waals surface area contributed by atoms with E-state index in [1.807, 2.05) is 29.2 Å². The molecule has 0 bridgehead atoms. The van der Waals surface area contributed by atoms with Gasteiger partial charge in [0.25, 0.3) is 0 Å². The maximum Gasteiger partial charge on any atom is 0.226 e. The highest BCUT2D eigenvalue weighted by Crippen LogP contribution is 2.40. The van der Waals surface area contributed by atoms with Crippen LogP contribution in [-0.2, 0) is 11.2 Å².